The van der Waals surface area contributed by atoms with Crippen molar-refractivity contribution >= 4 is 11.7 Å². The number of carbonyl (C=O) groups is 1. The monoisotopic (exact) mass is 359 g/mol. The second kappa shape index (κ2) is 8.94. The van der Waals surface area contributed by atoms with Crippen molar-refractivity contribution in [3.8, 4) is 5.75 Å². The number of likely N-dealkylation sites (tertiary alicyclic amines) is 1. The molecule has 1 aliphatic rings. The van der Waals surface area contributed by atoms with Gasteiger partial charge in [0.1, 0.15) is 0 Å². The first kappa shape index (κ1) is 19.4. The van der Waals surface area contributed by atoms with E-state index in [1.807, 2.05) is 0 Å². The SMILES string of the molecule is CC1CCCN(C(C)CNC(=O)Nc2ccc(OC(F)F)c(F)c2)C1. The molecule has 0 radical (unpaired) electrons. The standard InChI is InChI=1S/C17H24F3N3O2/c1-11-4-3-7-23(10-11)12(2)9-21-17(24)22-13-5-6-15(14(18)8-13)25-16(19)20/h5-6,8,11-12,16H,3-4,7,9-10H2,1-2H3,(H2,21,22,24). The predicted molar refractivity (Wildman–Crippen MR) is 89.5 cm³/mol. The Balaban J connectivity index is 1.80. The zero-order valence-electron chi connectivity index (χ0n) is 14.4. The first-order valence-electron chi connectivity index (χ1n) is 8.38. The number of amides is 2. The van der Waals surface area contributed by atoms with Crippen molar-refractivity contribution in [2.75, 3.05) is 25.0 Å². The van der Waals surface area contributed by atoms with E-state index in [-0.39, 0.29) is 11.7 Å². The van der Waals surface area contributed by atoms with Gasteiger partial charge in [-0.1, -0.05) is 6.92 Å². The molecule has 140 valence electrons. The zero-order chi connectivity index (χ0) is 18.4. The zero-order valence-corrected chi connectivity index (χ0v) is 14.4. The highest BCUT2D eigenvalue weighted by atomic mass is 19.3. The Hall–Kier alpha value is -1.96. The van der Waals surface area contributed by atoms with Crippen LogP contribution in [0.1, 0.15) is 26.7 Å². The molecule has 0 bridgehead atoms. The fourth-order valence-electron chi connectivity index (χ4n) is 2.94. The number of hydrogen-bond donors (Lipinski definition) is 2. The van der Waals surface area contributed by atoms with Crippen LogP contribution in [0.3, 0.4) is 0 Å². The minimum atomic E-state index is -3.10. The Morgan fingerprint density at radius 3 is 2.84 bits per heavy atom. The quantitative estimate of drug-likeness (QED) is 0.815. The molecule has 1 aromatic rings. The third kappa shape index (κ3) is 6.12. The second-order valence-electron chi connectivity index (χ2n) is 6.45. The molecule has 2 atom stereocenters. The third-order valence-corrected chi connectivity index (χ3v) is 4.28. The molecular formula is C17H24F3N3O2. The normalized spacial score (nSPS) is 19.5. The molecule has 2 amide bonds. The highest BCUT2D eigenvalue weighted by molar-refractivity contribution is 5.89. The lowest BCUT2D eigenvalue weighted by molar-refractivity contribution is -0.0521. The summed E-state index contributed by atoms with van der Waals surface area (Å²) in [5, 5.41) is 5.22. The molecule has 0 saturated carbocycles. The minimum absolute atomic E-state index is 0.163. The molecule has 0 spiro atoms. The molecule has 1 fully saturated rings. The summed E-state index contributed by atoms with van der Waals surface area (Å²) in [6.07, 6.45) is 2.39. The lowest BCUT2D eigenvalue weighted by Gasteiger charge is -2.35. The van der Waals surface area contributed by atoms with Gasteiger partial charge in [-0.2, -0.15) is 8.78 Å². The van der Waals surface area contributed by atoms with Gasteiger partial charge in [-0.25, -0.2) is 9.18 Å². The van der Waals surface area contributed by atoms with Crippen LogP contribution in [0.4, 0.5) is 23.7 Å². The predicted octanol–water partition coefficient (Wildman–Crippen LogP) is 3.67. The molecule has 1 aromatic carbocycles. The summed E-state index contributed by atoms with van der Waals surface area (Å²) in [6.45, 7) is 3.67. The van der Waals surface area contributed by atoms with Crippen molar-refractivity contribution in [2.24, 2.45) is 5.92 Å². The summed E-state index contributed by atoms with van der Waals surface area (Å²) in [7, 11) is 0. The number of piperidine rings is 1. The lowest BCUT2D eigenvalue weighted by atomic mass is 9.99. The van der Waals surface area contributed by atoms with Crippen LogP contribution >= 0.6 is 0 Å². The lowest BCUT2D eigenvalue weighted by Crippen LogP contribution is -2.47. The van der Waals surface area contributed by atoms with E-state index >= 15 is 0 Å². The average Bonchev–Trinajstić information content (AvgIpc) is 2.55. The number of urea groups is 1. The molecule has 2 unspecified atom stereocenters. The summed E-state index contributed by atoms with van der Waals surface area (Å²) in [4.78, 5) is 14.3. The van der Waals surface area contributed by atoms with E-state index in [4.69, 9.17) is 0 Å². The van der Waals surface area contributed by atoms with Gasteiger partial charge >= 0.3 is 12.6 Å². The van der Waals surface area contributed by atoms with Crippen LogP contribution < -0.4 is 15.4 Å². The maximum Gasteiger partial charge on any atom is 0.387 e. The Kier molecular flexibility index (Phi) is 6.92. The Labute approximate surface area is 145 Å². The molecule has 1 aliphatic heterocycles. The van der Waals surface area contributed by atoms with E-state index in [9.17, 15) is 18.0 Å². The highest BCUT2D eigenvalue weighted by Crippen LogP contribution is 2.22. The molecule has 2 rings (SSSR count). The molecule has 8 heteroatoms. The number of hydrogen-bond acceptors (Lipinski definition) is 3. The van der Waals surface area contributed by atoms with Crippen LogP contribution in [-0.2, 0) is 0 Å². The van der Waals surface area contributed by atoms with Crippen molar-refractivity contribution in [1.29, 1.82) is 0 Å². The molecule has 1 heterocycles. The second-order valence-corrected chi connectivity index (χ2v) is 6.45. The summed E-state index contributed by atoms with van der Waals surface area (Å²) < 4.78 is 41.8. The van der Waals surface area contributed by atoms with Gasteiger partial charge in [-0.05, 0) is 44.4 Å². The molecule has 2 N–H and O–H groups in total. The number of halogens is 3. The topological polar surface area (TPSA) is 53.6 Å². The van der Waals surface area contributed by atoms with Gasteiger partial charge in [0, 0.05) is 30.9 Å². The first-order chi connectivity index (χ1) is 11.8. The number of benzene rings is 1. The van der Waals surface area contributed by atoms with Gasteiger partial charge < -0.3 is 15.4 Å². The third-order valence-electron chi connectivity index (χ3n) is 4.28. The van der Waals surface area contributed by atoms with Crippen LogP contribution in [-0.4, -0.2) is 43.2 Å². The molecule has 0 aliphatic carbocycles. The molecule has 0 aromatic heterocycles. The first-order valence-corrected chi connectivity index (χ1v) is 8.38. The number of alkyl halides is 2. The summed E-state index contributed by atoms with van der Waals surface area (Å²) in [5.41, 5.74) is 0.163. The van der Waals surface area contributed by atoms with E-state index in [0.717, 1.165) is 31.6 Å². The summed E-state index contributed by atoms with van der Waals surface area (Å²) in [5.74, 6) is -0.871. The van der Waals surface area contributed by atoms with Gasteiger partial charge in [-0.3, -0.25) is 4.90 Å². The fourth-order valence-corrected chi connectivity index (χ4v) is 2.94. The smallest absolute Gasteiger partial charge is 0.387 e. The van der Waals surface area contributed by atoms with Crippen molar-refractivity contribution in [1.82, 2.24) is 10.2 Å². The average molecular weight is 359 g/mol. The van der Waals surface area contributed by atoms with Gasteiger partial charge in [0.2, 0.25) is 0 Å². The molecule has 5 nitrogen and oxygen atoms in total. The van der Waals surface area contributed by atoms with Gasteiger partial charge in [-0.15, -0.1) is 0 Å². The number of ether oxygens (including phenoxy) is 1. The molecular weight excluding hydrogens is 335 g/mol. The number of nitrogens with zero attached hydrogens (tertiary/aromatic N) is 1. The van der Waals surface area contributed by atoms with Crippen molar-refractivity contribution < 1.29 is 22.7 Å². The summed E-state index contributed by atoms with van der Waals surface area (Å²) >= 11 is 0. The van der Waals surface area contributed by atoms with Crippen molar-refractivity contribution in [2.45, 2.75) is 39.3 Å². The van der Waals surface area contributed by atoms with Gasteiger partial charge in [0.25, 0.3) is 0 Å². The number of anilines is 1. The van der Waals surface area contributed by atoms with Crippen molar-refractivity contribution in [3.05, 3.63) is 24.0 Å². The number of rotatable bonds is 6. The minimum Gasteiger partial charge on any atom is -0.432 e. The largest absolute Gasteiger partial charge is 0.432 e. The Morgan fingerprint density at radius 1 is 1.44 bits per heavy atom. The van der Waals surface area contributed by atoms with Crippen LogP contribution in [0.5, 0.6) is 5.75 Å². The number of carbonyl (C=O) groups excluding carboxylic acids is 1. The van der Waals surface area contributed by atoms with Crippen LogP contribution in [0.25, 0.3) is 0 Å². The van der Waals surface area contributed by atoms with E-state index in [1.54, 1.807) is 0 Å². The fraction of sp³-hybridized carbons (Fsp3) is 0.588. The van der Waals surface area contributed by atoms with E-state index < -0.39 is 24.2 Å². The van der Waals surface area contributed by atoms with E-state index in [2.05, 4.69) is 34.1 Å². The van der Waals surface area contributed by atoms with Crippen LogP contribution in [0.2, 0.25) is 0 Å². The van der Waals surface area contributed by atoms with Crippen molar-refractivity contribution in [3.63, 3.8) is 0 Å². The summed E-state index contributed by atoms with van der Waals surface area (Å²) in [6, 6.07) is 3.02. The maximum atomic E-state index is 13.6. The van der Waals surface area contributed by atoms with Crippen LogP contribution in [0, 0.1) is 11.7 Å². The molecule has 1 saturated heterocycles. The van der Waals surface area contributed by atoms with E-state index in [1.165, 1.54) is 12.5 Å². The number of nitrogens with one attached hydrogen (secondary N) is 2. The maximum absolute atomic E-state index is 13.6. The Bertz CT molecular complexity index is 586. The Morgan fingerprint density at radius 2 is 2.20 bits per heavy atom. The highest BCUT2D eigenvalue weighted by Gasteiger charge is 2.21. The van der Waals surface area contributed by atoms with Gasteiger partial charge in [0.05, 0.1) is 0 Å². The van der Waals surface area contributed by atoms with Crippen LogP contribution in [0.15, 0.2) is 18.2 Å². The van der Waals surface area contributed by atoms with E-state index in [0.29, 0.717) is 12.5 Å². The molecule has 25 heavy (non-hydrogen) atoms. The van der Waals surface area contributed by atoms with Gasteiger partial charge in [0.15, 0.2) is 11.6 Å².